The molecular weight excluding hydrogens is 360 g/mol. The lowest BCUT2D eigenvalue weighted by Crippen LogP contribution is -2.39. The van der Waals surface area contributed by atoms with Crippen molar-refractivity contribution in [1.82, 2.24) is 0 Å². The van der Waals surface area contributed by atoms with Crippen molar-refractivity contribution < 1.29 is 22.0 Å². The standard InChI is InChI=1S/C16H18ClF2NO3S/c1-24(22)23-10-2-4-16(5-3-10)6-7-20(15(16)21)14-9-13(19)12(18)8-11(14)17/h8-10H,2-7H2,1H3. The van der Waals surface area contributed by atoms with E-state index < -0.39 is 28.1 Å². The minimum Gasteiger partial charge on any atom is -0.310 e. The van der Waals surface area contributed by atoms with E-state index in [2.05, 4.69) is 0 Å². The predicted molar refractivity (Wildman–Crippen MR) is 88.2 cm³/mol. The van der Waals surface area contributed by atoms with Crippen molar-refractivity contribution in [1.29, 1.82) is 0 Å². The van der Waals surface area contributed by atoms with Gasteiger partial charge in [-0.3, -0.25) is 8.98 Å². The van der Waals surface area contributed by atoms with Crippen LogP contribution < -0.4 is 4.90 Å². The molecule has 2 aliphatic rings. The normalized spacial score (nSPS) is 28.6. The lowest BCUT2D eigenvalue weighted by molar-refractivity contribution is -0.127. The molecule has 1 aliphatic heterocycles. The largest absolute Gasteiger partial charge is 0.310 e. The lowest BCUT2D eigenvalue weighted by atomic mass is 9.72. The van der Waals surface area contributed by atoms with Crippen LogP contribution in [0.2, 0.25) is 5.02 Å². The summed E-state index contributed by atoms with van der Waals surface area (Å²) in [6.45, 7) is 0.425. The number of halogens is 3. The van der Waals surface area contributed by atoms with E-state index in [0.717, 1.165) is 12.1 Å². The van der Waals surface area contributed by atoms with Crippen molar-refractivity contribution in [2.75, 3.05) is 17.7 Å². The van der Waals surface area contributed by atoms with Gasteiger partial charge in [-0.05, 0) is 38.2 Å². The molecule has 1 saturated heterocycles. The summed E-state index contributed by atoms with van der Waals surface area (Å²) < 4.78 is 43.2. The van der Waals surface area contributed by atoms with Crippen molar-refractivity contribution in [3.63, 3.8) is 0 Å². The van der Waals surface area contributed by atoms with E-state index in [4.69, 9.17) is 15.8 Å². The Morgan fingerprint density at radius 1 is 1.25 bits per heavy atom. The molecule has 1 spiro atoms. The third-order valence-electron chi connectivity index (χ3n) is 4.95. The summed E-state index contributed by atoms with van der Waals surface area (Å²) in [5, 5.41) is 0.0256. The number of carbonyl (C=O) groups is 1. The minimum atomic E-state index is -1.32. The molecule has 0 radical (unpaired) electrons. The zero-order chi connectivity index (χ0) is 17.5. The molecule has 8 heteroatoms. The molecule has 0 aromatic heterocycles. The highest BCUT2D eigenvalue weighted by molar-refractivity contribution is 7.79. The number of amides is 1. The maximum Gasteiger partial charge on any atom is 0.233 e. The van der Waals surface area contributed by atoms with Gasteiger partial charge in [-0.1, -0.05) is 11.6 Å². The summed E-state index contributed by atoms with van der Waals surface area (Å²) >= 11 is 4.68. The van der Waals surface area contributed by atoms with Crippen LogP contribution in [0.3, 0.4) is 0 Å². The predicted octanol–water partition coefficient (Wildman–Crippen LogP) is 3.59. The first-order valence-electron chi connectivity index (χ1n) is 7.79. The summed E-state index contributed by atoms with van der Waals surface area (Å²) in [5.41, 5.74) is -0.297. The van der Waals surface area contributed by atoms with Gasteiger partial charge < -0.3 is 4.90 Å². The fourth-order valence-electron chi connectivity index (χ4n) is 3.66. The zero-order valence-electron chi connectivity index (χ0n) is 13.2. The number of hydrogen-bond acceptors (Lipinski definition) is 3. The van der Waals surface area contributed by atoms with Gasteiger partial charge in [0.15, 0.2) is 22.7 Å². The summed E-state index contributed by atoms with van der Waals surface area (Å²) in [7, 11) is 0. The van der Waals surface area contributed by atoms with E-state index >= 15 is 0 Å². The Kier molecular flexibility index (Phi) is 4.95. The van der Waals surface area contributed by atoms with Gasteiger partial charge in [-0.2, -0.15) is 0 Å². The average molecular weight is 378 g/mol. The first-order chi connectivity index (χ1) is 11.3. The topological polar surface area (TPSA) is 46.6 Å². The number of carbonyl (C=O) groups excluding carboxylic acids is 1. The molecule has 24 heavy (non-hydrogen) atoms. The monoisotopic (exact) mass is 377 g/mol. The molecule has 2 fully saturated rings. The quantitative estimate of drug-likeness (QED) is 0.756. The fraction of sp³-hybridized carbons (Fsp3) is 0.562. The van der Waals surface area contributed by atoms with E-state index in [9.17, 15) is 17.8 Å². The van der Waals surface area contributed by atoms with Gasteiger partial charge in [0.2, 0.25) is 5.91 Å². The number of anilines is 1. The zero-order valence-corrected chi connectivity index (χ0v) is 14.8. The molecule has 0 bridgehead atoms. The van der Waals surface area contributed by atoms with Crippen LogP contribution in [0.5, 0.6) is 0 Å². The van der Waals surface area contributed by atoms with Crippen molar-refractivity contribution in [2.24, 2.45) is 5.41 Å². The van der Waals surface area contributed by atoms with Crippen LogP contribution in [0.15, 0.2) is 12.1 Å². The number of hydrogen-bond donors (Lipinski definition) is 0. The highest BCUT2D eigenvalue weighted by Crippen LogP contribution is 2.47. The maximum atomic E-state index is 13.5. The molecule has 4 nitrogen and oxygen atoms in total. The maximum absolute atomic E-state index is 13.5. The second-order valence-corrected chi connectivity index (χ2v) is 7.80. The van der Waals surface area contributed by atoms with Gasteiger partial charge in [-0.25, -0.2) is 13.0 Å². The Morgan fingerprint density at radius 3 is 2.50 bits per heavy atom. The highest BCUT2D eigenvalue weighted by atomic mass is 35.5. The number of benzene rings is 1. The van der Waals surface area contributed by atoms with Crippen LogP contribution >= 0.6 is 11.6 Å². The molecular formula is C16H18ClF2NO3S. The van der Waals surface area contributed by atoms with Crippen molar-refractivity contribution in [2.45, 2.75) is 38.2 Å². The summed E-state index contributed by atoms with van der Waals surface area (Å²) in [6.07, 6.45) is 4.60. The van der Waals surface area contributed by atoms with E-state index in [1.165, 1.54) is 11.2 Å². The second kappa shape index (κ2) is 6.69. The average Bonchev–Trinajstić information content (AvgIpc) is 2.82. The van der Waals surface area contributed by atoms with Crippen LogP contribution in [-0.2, 0) is 20.1 Å². The SMILES string of the molecule is CS(=O)OC1CCC2(CC1)CCN(c1cc(F)c(F)cc1Cl)C2=O. The Morgan fingerprint density at radius 2 is 1.88 bits per heavy atom. The molecule has 1 heterocycles. The molecule has 3 rings (SSSR count). The Labute approximate surface area is 146 Å². The number of nitrogens with zero attached hydrogens (tertiary/aromatic N) is 1. The van der Waals surface area contributed by atoms with Crippen LogP contribution in [0.4, 0.5) is 14.5 Å². The highest BCUT2D eigenvalue weighted by Gasteiger charge is 2.49. The van der Waals surface area contributed by atoms with Crippen LogP contribution in [-0.4, -0.2) is 29.0 Å². The third-order valence-corrected chi connectivity index (χ3v) is 5.80. The summed E-state index contributed by atoms with van der Waals surface area (Å²) in [5.74, 6) is -2.16. The van der Waals surface area contributed by atoms with E-state index in [1.54, 1.807) is 0 Å². The summed E-state index contributed by atoms with van der Waals surface area (Å²) in [6, 6.07) is 1.87. The van der Waals surface area contributed by atoms with Gasteiger partial charge in [0.1, 0.15) is 0 Å². The fourth-order valence-corrected chi connectivity index (χ4v) is 4.49. The second-order valence-electron chi connectivity index (χ2n) is 6.40. The summed E-state index contributed by atoms with van der Waals surface area (Å²) in [4.78, 5) is 14.4. The van der Waals surface area contributed by atoms with E-state index in [1.807, 2.05) is 0 Å². The van der Waals surface area contributed by atoms with Gasteiger partial charge >= 0.3 is 0 Å². The van der Waals surface area contributed by atoms with Crippen molar-refractivity contribution in [3.05, 3.63) is 28.8 Å². The Hall–Kier alpha value is -1.05. The molecule has 1 aromatic rings. The molecule has 0 N–H and O–H groups in total. The molecule has 1 unspecified atom stereocenters. The van der Waals surface area contributed by atoms with Gasteiger partial charge in [0.25, 0.3) is 0 Å². The minimum absolute atomic E-state index is 0.0256. The van der Waals surface area contributed by atoms with Crippen molar-refractivity contribution >= 4 is 34.3 Å². The molecule has 1 amide bonds. The Balaban J connectivity index is 1.77. The van der Waals surface area contributed by atoms with Crippen LogP contribution in [0.25, 0.3) is 0 Å². The first kappa shape index (κ1) is 17.8. The first-order valence-corrected chi connectivity index (χ1v) is 9.65. The smallest absolute Gasteiger partial charge is 0.233 e. The molecule has 1 saturated carbocycles. The van der Waals surface area contributed by atoms with Gasteiger partial charge in [0, 0.05) is 18.9 Å². The lowest BCUT2D eigenvalue weighted by Gasteiger charge is -2.35. The molecule has 1 atom stereocenters. The van der Waals surface area contributed by atoms with Crippen LogP contribution in [0.1, 0.15) is 32.1 Å². The van der Waals surface area contributed by atoms with Crippen molar-refractivity contribution in [3.8, 4) is 0 Å². The Bertz CT molecular complexity index is 692. The van der Waals surface area contributed by atoms with Gasteiger partial charge in [-0.15, -0.1) is 0 Å². The van der Waals surface area contributed by atoms with E-state index in [-0.39, 0.29) is 22.7 Å². The number of rotatable bonds is 3. The van der Waals surface area contributed by atoms with Crippen LogP contribution in [0, 0.1) is 17.0 Å². The molecule has 1 aromatic carbocycles. The molecule has 1 aliphatic carbocycles. The van der Waals surface area contributed by atoms with Gasteiger partial charge in [0.05, 0.1) is 22.2 Å². The molecule has 132 valence electrons. The van der Waals surface area contributed by atoms with E-state index in [0.29, 0.717) is 38.6 Å². The third kappa shape index (κ3) is 3.21.